The van der Waals surface area contributed by atoms with E-state index in [-0.39, 0.29) is 0 Å². The first-order valence-electron chi connectivity index (χ1n) is 6.50. The van der Waals surface area contributed by atoms with E-state index in [4.69, 9.17) is 0 Å². The Balaban J connectivity index is 1.92. The highest BCUT2D eigenvalue weighted by Gasteiger charge is 2.02. The third-order valence-corrected chi connectivity index (χ3v) is 2.97. The van der Waals surface area contributed by atoms with E-state index in [1.165, 1.54) is 31.2 Å². The molecule has 0 aliphatic carbocycles. The Hall–Kier alpha value is -1.57. The standard InChI is InChI=1S/C15H20N2/c1-2-3-4-8-11-15-16-12-14(17-15)13-9-6-5-7-10-13/h5-7,9-10,12H,2-4,8,11H2,1H3,(H,16,17). The fourth-order valence-electron chi connectivity index (χ4n) is 1.97. The van der Waals surface area contributed by atoms with Crippen LogP contribution in [-0.4, -0.2) is 9.97 Å². The number of nitrogens with one attached hydrogen (secondary N) is 1. The zero-order chi connectivity index (χ0) is 11.9. The zero-order valence-corrected chi connectivity index (χ0v) is 10.4. The summed E-state index contributed by atoms with van der Waals surface area (Å²) in [6, 6.07) is 10.3. The Labute approximate surface area is 103 Å². The van der Waals surface area contributed by atoms with E-state index < -0.39 is 0 Å². The Morgan fingerprint density at radius 3 is 2.65 bits per heavy atom. The van der Waals surface area contributed by atoms with Crippen molar-refractivity contribution in [2.45, 2.75) is 39.0 Å². The monoisotopic (exact) mass is 228 g/mol. The van der Waals surface area contributed by atoms with E-state index in [2.05, 4.69) is 29.0 Å². The summed E-state index contributed by atoms with van der Waals surface area (Å²) in [7, 11) is 0. The Bertz CT molecular complexity index is 431. The van der Waals surface area contributed by atoms with E-state index in [1.54, 1.807) is 0 Å². The molecule has 0 unspecified atom stereocenters. The molecule has 0 aliphatic heterocycles. The lowest BCUT2D eigenvalue weighted by Crippen LogP contribution is -1.88. The lowest BCUT2D eigenvalue weighted by Gasteiger charge is -1.97. The van der Waals surface area contributed by atoms with E-state index in [1.807, 2.05) is 24.4 Å². The van der Waals surface area contributed by atoms with Gasteiger partial charge in [0.2, 0.25) is 0 Å². The van der Waals surface area contributed by atoms with Gasteiger partial charge in [0.1, 0.15) is 5.82 Å². The minimum Gasteiger partial charge on any atom is -0.348 e. The van der Waals surface area contributed by atoms with E-state index in [0.29, 0.717) is 0 Å². The van der Waals surface area contributed by atoms with Gasteiger partial charge in [0.05, 0.1) is 5.69 Å². The summed E-state index contributed by atoms with van der Waals surface area (Å²) in [5.41, 5.74) is 2.24. The Morgan fingerprint density at radius 1 is 1.06 bits per heavy atom. The van der Waals surface area contributed by atoms with Gasteiger partial charge in [-0.2, -0.15) is 0 Å². The van der Waals surface area contributed by atoms with Crippen LogP contribution in [0.5, 0.6) is 0 Å². The van der Waals surface area contributed by atoms with Gasteiger partial charge in [-0.25, -0.2) is 4.98 Å². The summed E-state index contributed by atoms with van der Waals surface area (Å²) in [5, 5.41) is 0. The number of unbranched alkanes of at least 4 members (excludes halogenated alkanes) is 3. The van der Waals surface area contributed by atoms with Crippen LogP contribution in [0.4, 0.5) is 0 Å². The van der Waals surface area contributed by atoms with Gasteiger partial charge in [-0.15, -0.1) is 0 Å². The largest absolute Gasteiger partial charge is 0.348 e. The molecule has 2 rings (SSSR count). The molecule has 2 aromatic rings. The number of nitrogens with zero attached hydrogens (tertiary/aromatic N) is 1. The Morgan fingerprint density at radius 2 is 1.88 bits per heavy atom. The van der Waals surface area contributed by atoms with Crippen molar-refractivity contribution in [3.05, 3.63) is 42.4 Å². The summed E-state index contributed by atoms with van der Waals surface area (Å²) in [6.45, 7) is 2.24. The third kappa shape index (κ3) is 3.45. The molecule has 0 atom stereocenters. The molecule has 0 saturated carbocycles. The average molecular weight is 228 g/mol. The molecule has 90 valence electrons. The number of aromatic nitrogens is 2. The number of benzene rings is 1. The molecule has 0 aliphatic rings. The second-order valence-corrected chi connectivity index (χ2v) is 4.41. The van der Waals surface area contributed by atoms with Crippen molar-refractivity contribution in [1.82, 2.24) is 9.97 Å². The van der Waals surface area contributed by atoms with Crippen molar-refractivity contribution in [3.63, 3.8) is 0 Å². The summed E-state index contributed by atoms with van der Waals surface area (Å²) in [5.74, 6) is 1.11. The van der Waals surface area contributed by atoms with Crippen molar-refractivity contribution < 1.29 is 0 Å². The van der Waals surface area contributed by atoms with Crippen molar-refractivity contribution >= 4 is 0 Å². The van der Waals surface area contributed by atoms with Crippen molar-refractivity contribution in [3.8, 4) is 11.3 Å². The van der Waals surface area contributed by atoms with Crippen molar-refractivity contribution in [2.75, 3.05) is 0 Å². The van der Waals surface area contributed by atoms with Crippen LogP contribution in [0.3, 0.4) is 0 Å². The van der Waals surface area contributed by atoms with Crippen LogP contribution < -0.4 is 0 Å². The predicted molar refractivity (Wildman–Crippen MR) is 71.9 cm³/mol. The first kappa shape index (κ1) is 11.9. The van der Waals surface area contributed by atoms with E-state index in [0.717, 1.165) is 17.9 Å². The number of H-pyrrole nitrogens is 1. The minimum atomic E-state index is 1.05. The van der Waals surface area contributed by atoms with Crippen LogP contribution >= 0.6 is 0 Å². The maximum absolute atomic E-state index is 4.62. The van der Waals surface area contributed by atoms with Crippen LogP contribution in [0, 0.1) is 0 Å². The Kier molecular flexibility index (Phi) is 4.37. The highest BCUT2D eigenvalue weighted by Crippen LogP contribution is 2.16. The molecule has 1 aromatic heterocycles. The first-order valence-corrected chi connectivity index (χ1v) is 6.50. The van der Waals surface area contributed by atoms with Gasteiger partial charge < -0.3 is 4.98 Å². The fraction of sp³-hybridized carbons (Fsp3) is 0.400. The molecule has 0 bridgehead atoms. The number of hydrogen-bond donors (Lipinski definition) is 1. The normalized spacial score (nSPS) is 10.6. The quantitative estimate of drug-likeness (QED) is 0.737. The van der Waals surface area contributed by atoms with Gasteiger partial charge in [-0.1, -0.05) is 56.5 Å². The molecule has 0 amide bonds. The zero-order valence-electron chi connectivity index (χ0n) is 10.4. The summed E-state index contributed by atoms with van der Waals surface area (Å²) in [4.78, 5) is 7.89. The summed E-state index contributed by atoms with van der Waals surface area (Å²) < 4.78 is 0. The SMILES string of the molecule is CCCCCCc1nc(-c2ccccc2)c[nH]1. The molecule has 1 aromatic carbocycles. The molecular weight excluding hydrogens is 208 g/mol. The van der Waals surface area contributed by atoms with Crippen LogP contribution in [0.25, 0.3) is 11.3 Å². The average Bonchev–Trinajstić information content (AvgIpc) is 2.85. The molecule has 0 fully saturated rings. The lowest BCUT2D eigenvalue weighted by atomic mass is 10.1. The fourth-order valence-corrected chi connectivity index (χ4v) is 1.97. The third-order valence-electron chi connectivity index (χ3n) is 2.97. The minimum absolute atomic E-state index is 1.05. The van der Waals surface area contributed by atoms with Crippen LogP contribution in [0.1, 0.15) is 38.4 Å². The number of aryl methyl sites for hydroxylation is 1. The molecule has 0 radical (unpaired) electrons. The van der Waals surface area contributed by atoms with Crippen LogP contribution in [0.15, 0.2) is 36.5 Å². The lowest BCUT2D eigenvalue weighted by molar-refractivity contribution is 0.655. The second-order valence-electron chi connectivity index (χ2n) is 4.41. The molecule has 1 N–H and O–H groups in total. The predicted octanol–water partition coefficient (Wildman–Crippen LogP) is 4.20. The van der Waals surface area contributed by atoms with Crippen molar-refractivity contribution in [1.29, 1.82) is 0 Å². The molecule has 17 heavy (non-hydrogen) atoms. The van der Waals surface area contributed by atoms with E-state index in [9.17, 15) is 0 Å². The molecule has 2 heteroatoms. The highest BCUT2D eigenvalue weighted by atomic mass is 14.9. The van der Waals surface area contributed by atoms with Gasteiger partial charge >= 0.3 is 0 Å². The van der Waals surface area contributed by atoms with Crippen LogP contribution in [0.2, 0.25) is 0 Å². The number of rotatable bonds is 6. The van der Waals surface area contributed by atoms with Crippen molar-refractivity contribution in [2.24, 2.45) is 0 Å². The highest BCUT2D eigenvalue weighted by molar-refractivity contribution is 5.57. The molecule has 0 saturated heterocycles. The topological polar surface area (TPSA) is 28.7 Å². The van der Waals surface area contributed by atoms with E-state index >= 15 is 0 Å². The van der Waals surface area contributed by atoms with Crippen LogP contribution in [-0.2, 0) is 6.42 Å². The van der Waals surface area contributed by atoms with Gasteiger partial charge in [-0.3, -0.25) is 0 Å². The smallest absolute Gasteiger partial charge is 0.106 e. The van der Waals surface area contributed by atoms with Gasteiger partial charge in [0.15, 0.2) is 0 Å². The van der Waals surface area contributed by atoms with Gasteiger partial charge in [-0.05, 0) is 6.42 Å². The maximum Gasteiger partial charge on any atom is 0.106 e. The molecule has 1 heterocycles. The molecule has 2 nitrogen and oxygen atoms in total. The summed E-state index contributed by atoms with van der Waals surface area (Å²) in [6.07, 6.45) is 8.21. The molecular formula is C15H20N2. The van der Waals surface area contributed by atoms with Gasteiger partial charge in [0.25, 0.3) is 0 Å². The maximum atomic E-state index is 4.62. The number of hydrogen-bond acceptors (Lipinski definition) is 1. The number of imidazole rings is 1. The molecule has 0 spiro atoms. The first-order chi connectivity index (χ1) is 8.40. The van der Waals surface area contributed by atoms with Gasteiger partial charge in [0, 0.05) is 18.2 Å². The summed E-state index contributed by atoms with van der Waals surface area (Å²) >= 11 is 0. The second kappa shape index (κ2) is 6.24. The number of aromatic amines is 1.